The molecule has 1 saturated heterocycles. The topological polar surface area (TPSA) is 124 Å². The Balaban J connectivity index is 1.42. The average molecular weight is 606 g/mol. The van der Waals surface area contributed by atoms with Crippen molar-refractivity contribution in [2.45, 2.75) is 13.3 Å². The number of aromatic nitrogens is 1. The van der Waals surface area contributed by atoms with Gasteiger partial charge in [-0.3, -0.25) is 19.7 Å². The Morgan fingerprint density at radius 3 is 2.46 bits per heavy atom. The van der Waals surface area contributed by atoms with E-state index in [1.165, 1.54) is 18.3 Å². The molecule has 180 valence electrons. The van der Waals surface area contributed by atoms with Gasteiger partial charge in [0.05, 0.1) is 34.1 Å². The van der Waals surface area contributed by atoms with Gasteiger partial charge >= 0.3 is 0 Å². The SMILES string of the molecule is CCOc1cc(C=NN2C(=O)[C@@H]3[C@H](C2=O)[C@H]2C=C[C@H]3C2)c(Br)c(Br)c1Oc1ccc([N+](=O)[O-])cn1. The first-order valence-corrected chi connectivity index (χ1v) is 12.4. The maximum Gasteiger partial charge on any atom is 0.287 e. The fourth-order valence-electron chi connectivity index (χ4n) is 4.82. The van der Waals surface area contributed by atoms with Gasteiger partial charge in [-0.2, -0.15) is 10.1 Å². The molecule has 5 rings (SSSR count). The molecule has 1 saturated carbocycles. The molecule has 2 bridgehead atoms. The molecule has 4 atom stereocenters. The highest BCUT2D eigenvalue weighted by atomic mass is 79.9. The quantitative estimate of drug-likeness (QED) is 0.145. The van der Waals surface area contributed by atoms with Gasteiger partial charge in [0.1, 0.15) is 6.20 Å². The molecule has 0 radical (unpaired) electrons. The lowest BCUT2D eigenvalue weighted by Crippen LogP contribution is -2.28. The maximum absolute atomic E-state index is 12.9. The highest BCUT2D eigenvalue weighted by Crippen LogP contribution is 2.52. The molecule has 10 nitrogen and oxygen atoms in total. The van der Waals surface area contributed by atoms with Crippen molar-refractivity contribution < 1.29 is 24.0 Å². The number of hydrogen-bond acceptors (Lipinski definition) is 8. The van der Waals surface area contributed by atoms with Crippen molar-refractivity contribution in [3.05, 3.63) is 61.2 Å². The Bertz CT molecular complexity index is 1270. The lowest BCUT2D eigenvalue weighted by Gasteiger charge is -2.16. The average Bonchev–Trinajstić information content (AvgIpc) is 3.52. The number of imide groups is 1. The van der Waals surface area contributed by atoms with E-state index >= 15 is 0 Å². The number of rotatable bonds is 7. The van der Waals surface area contributed by atoms with Gasteiger partial charge in [-0.05, 0) is 63.1 Å². The van der Waals surface area contributed by atoms with Crippen LogP contribution >= 0.6 is 31.9 Å². The monoisotopic (exact) mass is 604 g/mol. The van der Waals surface area contributed by atoms with Crippen LogP contribution in [0.3, 0.4) is 0 Å². The summed E-state index contributed by atoms with van der Waals surface area (Å²) in [5, 5.41) is 16.1. The van der Waals surface area contributed by atoms with E-state index in [0.717, 1.165) is 17.6 Å². The zero-order valence-electron chi connectivity index (χ0n) is 18.3. The zero-order valence-corrected chi connectivity index (χ0v) is 21.4. The highest BCUT2D eigenvalue weighted by molar-refractivity contribution is 9.13. The Kier molecular flexibility index (Phi) is 6.18. The maximum atomic E-state index is 12.9. The van der Waals surface area contributed by atoms with Gasteiger partial charge < -0.3 is 9.47 Å². The minimum atomic E-state index is -0.548. The molecule has 35 heavy (non-hydrogen) atoms. The third-order valence-corrected chi connectivity index (χ3v) is 8.50. The van der Waals surface area contributed by atoms with E-state index in [0.29, 0.717) is 32.6 Å². The van der Waals surface area contributed by atoms with Gasteiger partial charge in [0.25, 0.3) is 17.5 Å². The molecule has 0 spiro atoms. The second-order valence-corrected chi connectivity index (χ2v) is 9.89. The Morgan fingerprint density at radius 1 is 1.20 bits per heavy atom. The van der Waals surface area contributed by atoms with Gasteiger partial charge in [-0.1, -0.05) is 12.2 Å². The summed E-state index contributed by atoms with van der Waals surface area (Å²) < 4.78 is 12.6. The molecule has 2 heterocycles. The Hall–Kier alpha value is -3.12. The molecule has 2 aromatic rings. The number of carbonyl (C=O) groups is 2. The first-order chi connectivity index (χ1) is 16.8. The van der Waals surface area contributed by atoms with Crippen molar-refractivity contribution in [2.24, 2.45) is 28.8 Å². The van der Waals surface area contributed by atoms with Crippen LogP contribution in [0.15, 0.2) is 50.6 Å². The predicted molar refractivity (Wildman–Crippen MR) is 131 cm³/mol. The van der Waals surface area contributed by atoms with Crippen molar-refractivity contribution in [3.63, 3.8) is 0 Å². The van der Waals surface area contributed by atoms with Crippen LogP contribution in [0.1, 0.15) is 18.9 Å². The first-order valence-electron chi connectivity index (χ1n) is 10.8. The van der Waals surface area contributed by atoms with E-state index in [1.807, 2.05) is 12.2 Å². The number of carbonyl (C=O) groups excluding carboxylic acids is 2. The third-order valence-electron chi connectivity index (χ3n) is 6.35. The van der Waals surface area contributed by atoms with Crippen LogP contribution in [0.25, 0.3) is 0 Å². The molecule has 1 aliphatic heterocycles. The number of amides is 2. The molecule has 2 amide bonds. The summed E-state index contributed by atoms with van der Waals surface area (Å²) in [5.74, 6) is -0.190. The molecular formula is C23H18Br2N4O6. The first kappa shape index (κ1) is 23.6. The van der Waals surface area contributed by atoms with Gasteiger partial charge in [0.15, 0.2) is 11.5 Å². The number of benzene rings is 1. The van der Waals surface area contributed by atoms with E-state index in [4.69, 9.17) is 9.47 Å². The van der Waals surface area contributed by atoms with E-state index in [-0.39, 0.29) is 47.1 Å². The predicted octanol–water partition coefficient (Wildman–Crippen LogP) is 4.85. The van der Waals surface area contributed by atoms with E-state index in [1.54, 1.807) is 13.0 Å². The van der Waals surface area contributed by atoms with Crippen molar-refractivity contribution in [2.75, 3.05) is 6.61 Å². The Labute approximate surface area is 216 Å². The fraction of sp³-hybridized carbons (Fsp3) is 0.304. The molecule has 1 aromatic carbocycles. The summed E-state index contributed by atoms with van der Waals surface area (Å²) >= 11 is 6.98. The lowest BCUT2D eigenvalue weighted by molar-refractivity contribution is -0.385. The normalized spacial score (nSPS) is 24.5. The summed E-state index contributed by atoms with van der Waals surface area (Å²) in [6.45, 7) is 2.14. The summed E-state index contributed by atoms with van der Waals surface area (Å²) in [7, 11) is 0. The zero-order chi connectivity index (χ0) is 24.9. The third kappa shape index (κ3) is 4.04. The van der Waals surface area contributed by atoms with Crippen LogP contribution in [0.2, 0.25) is 0 Å². The van der Waals surface area contributed by atoms with Gasteiger partial charge in [0, 0.05) is 22.2 Å². The van der Waals surface area contributed by atoms with Crippen molar-refractivity contribution in [1.29, 1.82) is 0 Å². The van der Waals surface area contributed by atoms with E-state index < -0.39 is 4.92 Å². The second kappa shape index (κ2) is 9.15. The van der Waals surface area contributed by atoms with Crippen molar-refractivity contribution >= 4 is 55.6 Å². The number of hydrogen-bond donors (Lipinski definition) is 0. The van der Waals surface area contributed by atoms with E-state index in [2.05, 4.69) is 41.9 Å². The molecule has 1 aromatic heterocycles. The molecule has 0 N–H and O–H groups in total. The van der Waals surface area contributed by atoms with Crippen LogP contribution < -0.4 is 9.47 Å². The van der Waals surface area contributed by atoms with Crippen LogP contribution in [0.4, 0.5) is 5.69 Å². The number of halogens is 2. The standard InChI is InChI=1S/C23H18Br2N4O6/c1-2-34-15-8-13(9-27-28-22(30)17-11-3-4-12(7-11)18(17)23(28)31)19(24)20(25)21(15)35-16-6-5-14(10-26-16)29(32)33/h3-6,8-12,17-18H,2,7H2,1H3/t11-,12-,17-,18+/m0/s1. The number of nitro groups is 1. The number of pyridine rings is 1. The number of ether oxygens (including phenoxy) is 2. The van der Waals surface area contributed by atoms with Gasteiger partial charge in [-0.15, -0.1) is 0 Å². The van der Waals surface area contributed by atoms with Crippen molar-refractivity contribution in [1.82, 2.24) is 9.99 Å². The molecule has 12 heteroatoms. The fourth-order valence-corrected chi connectivity index (χ4v) is 5.72. The van der Waals surface area contributed by atoms with Gasteiger partial charge in [-0.25, -0.2) is 4.98 Å². The minimum Gasteiger partial charge on any atom is -0.490 e. The molecule has 2 fully saturated rings. The van der Waals surface area contributed by atoms with Gasteiger partial charge in [0.2, 0.25) is 5.88 Å². The summed E-state index contributed by atoms with van der Waals surface area (Å²) in [6, 6.07) is 4.32. The van der Waals surface area contributed by atoms with Crippen molar-refractivity contribution in [3.8, 4) is 17.4 Å². The van der Waals surface area contributed by atoms with Crippen LogP contribution in [-0.4, -0.2) is 39.6 Å². The summed E-state index contributed by atoms with van der Waals surface area (Å²) in [4.78, 5) is 40.1. The Morgan fingerprint density at radius 2 is 1.89 bits per heavy atom. The molecule has 3 aliphatic rings. The number of hydrazone groups is 1. The number of allylic oxidation sites excluding steroid dienone is 2. The summed E-state index contributed by atoms with van der Waals surface area (Å²) in [5.41, 5.74) is 0.385. The van der Waals surface area contributed by atoms with Crippen LogP contribution in [0, 0.1) is 33.8 Å². The molecule has 0 unspecified atom stereocenters. The van der Waals surface area contributed by atoms with Crippen LogP contribution in [-0.2, 0) is 9.59 Å². The second-order valence-electron chi connectivity index (χ2n) is 8.30. The highest BCUT2D eigenvalue weighted by Gasteiger charge is 2.59. The largest absolute Gasteiger partial charge is 0.490 e. The molecular weight excluding hydrogens is 588 g/mol. The minimum absolute atomic E-state index is 0.108. The van der Waals surface area contributed by atoms with E-state index in [9.17, 15) is 19.7 Å². The number of fused-ring (bicyclic) bond motifs is 5. The smallest absolute Gasteiger partial charge is 0.287 e. The molecule has 2 aliphatic carbocycles. The number of nitrogens with zero attached hydrogens (tertiary/aromatic N) is 4. The lowest BCUT2D eigenvalue weighted by atomic mass is 9.85. The van der Waals surface area contributed by atoms with Crippen LogP contribution in [0.5, 0.6) is 17.4 Å². The summed E-state index contributed by atoms with van der Waals surface area (Å²) in [6.07, 6.45) is 7.44.